The van der Waals surface area contributed by atoms with Gasteiger partial charge in [0.25, 0.3) is 0 Å². The number of carbonyl (C=O) groups is 1. The monoisotopic (exact) mass is 326 g/mol. The molecule has 0 bridgehead atoms. The summed E-state index contributed by atoms with van der Waals surface area (Å²) in [5.74, 6) is 0.533. The SMILES string of the molecule is CN(C)c1ncccc1CNC(=O)[C@H]1CCCN1S(C)(=O)=O. The number of amides is 1. The second-order valence-electron chi connectivity index (χ2n) is 5.63. The summed E-state index contributed by atoms with van der Waals surface area (Å²) in [7, 11) is 0.421. The van der Waals surface area contributed by atoms with Crippen molar-refractivity contribution in [2.45, 2.75) is 25.4 Å². The van der Waals surface area contributed by atoms with Gasteiger partial charge in [-0.25, -0.2) is 13.4 Å². The highest BCUT2D eigenvalue weighted by Gasteiger charge is 2.36. The topological polar surface area (TPSA) is 82.6 Å². The number of sulfonamides is 1. The van der Waals surface area contributed by atoms with Crippen molar-refractivity contribution in [1.82, 2.24) is 14.6 Å². The number of hydrogen-bond donors (Lipinski definition) is 1. The summed E-state index contributed by atoms with van der Waals surface area (Å²) in [6, 6.07) is 3.10. The zero-order valence-corrected chi connectivity index (χ0v) is 13.9. The van der Waals surface area contributed by atoms with Crippen molar-refractivity contribution in [3.8, 4) is 0 Å². The van der Waals surface area contributed by atoms with Crippen molar-refractivity contribution >= 4 is 21.7 Å². The van der Waals surface area contributed by atoms with Gasteiger partial charge < -0.3 is 10.2 Å². The summed E-state index contributed by atoms with van der Waals surface area (Å²) in [6.45, 7) is 0.737. The zero-order valence-electron chi connectivity index (χ0n) is 13.1. The molecule has 22 heavy (non-hydrogen) atoms. The van der Waals surface area contributed by atoms with Crippen LogP contribution in [0.15, 0.2) is 18.3 Å². The number of hydrogen-bond acceptors (Lipinski definition) is 5. The van der Waals surface area contributed by atoms with Crippen molar-refractivity contribution in [3.63, 3.8) is 0 Å². The van der Waals surface area contributed by atoms with Gasteiger partial charge in [0, 0.05) is 38.9 Å². The molecule has 1 N–H and O–H groups in total. The van der Waals surface area contributed by atoms with Crippen molar-refractivity contribution in [2.24, 2.45) is 0 Å². The van der Waals surface area contributed by atoms with E-state index in [1.807, 2.05) is 31.1 Å². The zero-order chi connectivity index (χ0) is 16.3. The van der Waals surface area contributed by atoms with Crippen LogP contribution in [-0.4, -0.2) is 56.6 Å². The quantitative estimate of drug-likeness (QED) is 0.835. The first-order valence-electron chi connectivity index (χ1n) is 7.16. The van der Waals surface area contributed by atoms with Gasteiger partial charge in [0.2, 0.25) is 15.9 Å². The van der Waals surface area contributed by atoms with E-state index in [1.54, 1.807) is 6.20 Å². The minimum atomic E-state index is -3.35. The second-order valence-corrected chi connectivity index (χ2v) is 7.57. The van der Waals surface area contributed by atoms with E-state index in [2.05, 4.69) is 10.3 Å². The third-order valence-electron chi connectivity index (χ3n) is 3.68. The third kappa shape index (κ3) is 3.75. The Balaban J connectivity index is 2.05. The van der Waals surface area contributed by atoms with E-state index in [0.717, 1.165) is 17.6 Å². The molecule has 1 aromatic rings. The van der Waals surface area contributed by atoms with E-state index < -0.39 is 16.1 Å². The summed E-state index contributed by atoms with van der Waals surface area (Å²) < 4.78 is 24.7. The van der Waals surface area contributed by atoms with Crippen LogP contribution in [0.4, 0.5) is 5.82 Å². The first-order chi connectivity index (χ1) is 10.3. The summed E-state index contributed by atoms with van der Waals surface area (Å²) in [6.07, 6.45) is 4.11. The Hall–Kier alpha value is -1.67. The Kier molecular flexibility index (Phi) is 5.02. The van der Waals surface area contributed by atoms with Crippen LogP contribution in [0.1, 0.15) is 18.4 Å². The highest BCUT2D eigenvalue weighted by atomic mass is 32.2. The number of aromatic nitrogens is 1. The molecule has 1 saturated heterocycles. The molecule has 7 nitrogen and oxygen atoms in total. The summed E-state index contributed by atoms with van der Waals surface area (Å²) in [4.78, 5) is 18.5. The van der Waals surface area contributed by atoms with Gasteiger partial charge in [-0.05, 0) is 18.9 Å². The lowest BCUT2D eigenvalue weighted by Crippen LogP contribution is -2.45. The number of carbonyl (C=O) groups excluding carboxylic acids is 1. The van der Waals surface area contributed by atoms with Crippen molar-refractivity contribution in [2.75, 3.05) is 31.8 Å². The normalized spacial score (nSPS) is 19.1. The Labute approximate surface area is 131 Å². The molecule has 2 rings (SSSR count). The van der Waals surface area contributed by atoms with Gasteiger partial charge in [-0.3, -0.25) is 4.79 Å². The molecule has 1 atom stereocenters. The van der Waals surface area contributed by atoms with Crippen LogP contribution >= 0.6 is 0 Å². The molecule has 8 heteroatoms. The van der Waals surface area contributed by atoms with E-state index in [-0.39, 0.29) is 5.91 Å². The highest BCUT2D eigenvalue weighted by Crippen LogP contribution is 2.21. The molecule has 0 aromatic carbocycles. The summed E-state index contributed by atoms with van der Waals surface area (Å²) >= 11 is 0. The van der Waals surface area contributed by atoms with Crippen LogP contribution in [0.5, 0.6) is 0 Å². The molecule has 1 aliphatic rings. The molecule has 1 amide bonds. The largest absolute Gasteiger partial charge is 0.362 e. The fraction of sp³-hybridized carbons (Fsp3) is 0.571. The van der Waals surface area contributed by atoms with E-state index in [0.29, 0.717) is 25.9 Å². The molecule has 1 aromatic heterocycles. The van der Waals surface area contributed by atoms with Crippen LogP contribution in [0.25, 0.3) is 0 Å². The molecule has 2 heterocycles. The second kappa shape index (κ2) is 6.62. The summed E-state index contributed by atoms with van der Waals surface area (Å²) in [5.41, 5.74) is 0.893. The molecule has 0 radical (unpaired) electrons. The predicted octanol–water partition coefficient (Wildman–Crippen LogP) is 0.188. The number of pyridine rings is 1. The van der Waals surface area contributed by atoms with Gasteiger partial charge in [0.15, 0.2) is 0 Å². The Morgan fingerprint density at radius 1 is 1.50 bits per heavy atom. The number of nitrogens with zero attached hydrogens (tertiary/aromatic N) is 3. The standard InChI is InChI=1S/C14H22N4O3S/c1-17(2)13-11(6-4-8-15-13)10-16-14(19)12-7-5-9-18(12)22(3,20)21/h4,6,8,12H,5,7,9-10H2,1-3H3,(H,16,19)/t12-/m1/s1. The van der Waals surface area contributed by atoms with E-state index in [1.165, 1.54) is 4.31 Å². The van der Waals surface area contributed by atoms with Gasteiger partial charge >= 0.3 is 0 Å². The Morgan fingerprint density at radius 3 is 2.86 bits per heavy atom. The van der Waals surface area contributed by atoms with Gasteiger partial charge in [-0.1, -0.05) is 6.07 Å². The van der Waals surface area contributed by atoms with Crippen LogP contribution in [-0.2, 0) is 21.4 Å². The molecule has 1 aliphatic heterocycles. The fourth-order valence-electron chi connectivity index (χ4n) is 2.67. The van der Waals surface area contributed by atoms with Crippen molar-refractivity contribution in [1.29, 1.82) is 0 Å². The average Bonchev–Trinajstić information content (AvgIpc) is 2.94. The van der Waals surface area contributed by atoms with Gasteiger partial charge in [0.05, 0.1) is 6.26 Å². The number of rotatable bonds is 5. The van der Waals surface area contributed by atoms with Crippen molar-refractivity contribution in [3.05, 3.63) is 23.9 Å². The smallest absolute Gasteiger partial charge is 0.238 e. The minimum Gasteiger partial charge on any atom is -0.362 e. The Bertz CT molecular complexity index is 645. The molecular weight excluding hydrogens is 304 g/mol. The maximum atomic E-state index is 12.3. The van der Waals surface area contributed by atoms with Crippen molar-refractivity contribution < 1.29 is 13.2 Å². The van der Waals surface area contributed by atoms with E-state index >= 15 is 0 Å². The minimum absolute atomic E-state index is 0.253. The summed E-state index contributed by atoms with van der Waals surface area (Å²) in [5, 5.41) is 2.83. The van der Waals surface area contributed by atoms with Gasteiger partial charge in [0.1, 0.15) is 11.9 Å². The predicted molar refractivity (Wildman–Crippen MR) is 85.0 cm³/mol. The maximum absolute atomic E-state index is 12.3. The van der Waals surface area contributed by atoms with E-state index in [9.17, 15) is 13.2 Å². The molecule has 0 aliphatic carbocycles. The molecule has 1 fully saturated rings. The lowest BCUT2D eigenvalue weighted by molar-refractivity contribution is -0.124. The third-order valence-corrected chi connectivity index (χ3v) is 4.97. The van der Waals surface area contributed by atoms with Gasteiger partial charge in [-0.15, -0.1) is 0 Å². The molecule has 0 saturated carbocycles. The first kappa shape index (κ1) is 16.7. The molecule has 0 unspecified atom stereocenters. The maximum Gasteiger partial charge on any atom is 0.238 e. The fourth-order valence-corrected chi connectivity index (χ4v) is 3.79. The van der Waals surface area contributed by atoms with E-state index in [4.69, 9.17) is 0 Å². The average molecular weight is 326 g/mol. The molecule has 122 valence electrons. The number of anilines is 1. The van der Waals surface area contributed by atoms with Crippen LogP contribution < -0.4 is 10.2 Å². The van der Waals surface area contributed by atoms with Crippen LogP contribution in [0.2, 0.25) is 0 Å². The Morgan fingerprint density at radius 2 is 2.23 bits per heavy atom. The lowest BCUT2D eigenvalue weighted by Gasteiger charge is -2.22. The molecular formula is C14H22N4O3S. The van der Waals surface area contributed by atoms with Crippen LogP contribution in [0.3, 0.4) is 0 Å². The number of nitrogens with one attached hydrogen (secondary N) is 1. The lowest BCUT2D eigenvalue weighted by atomic mass is 10.2. The van der Waals surface area contributed by atoms with Crippen LogP contribution in [0, 0.1) is 0 Å². The first-order valence-corrected chi connectivity index (χ1v) is 9.01. The molecule has 0 spiro atoms. The van der Waals surface area contributed by atoms with Gasteiger partial charge in [-0.2, -0.15) is 4.31 Å². The highest BCUT2D eigenvalue weighted by molar-refractivity contribution is 7.88.